The fourth-order valence-electron chi connectivity index (χ4n) is 2.20. The van der Waals surface area contributed by atoms with Crippen molar-refractivity contribution in [2.45, 2.75) is 13.8 Å². The number of carbonyl (C=O) groups excluding carboxylic acids is 1. The summed E-state index contributed by atoms with van der Waals surface area (Å²) >= 11 is 6.12. The number of hydrogen-bond donors (Lipinski definition) is 0. The Bertz CT molecular complexity index is 425. The van der Waals surface area contributed by atoms with Gasteiger partial charge in [-0.05, 0) is 24.6 Å². The van der Waals surface area contributed by atoms with Crippen molar-refractivity contribution in [3.63, 3.8) is 0 Å². The third-order valence-electron chi connectivity index (χ3n) is 3.30. The van der Waals surface area contributed by atoms with E-state index in [-0.39, 0.29) is 5.91 Å². The van der Waals surface area contributed by atoms with Crippen LogP contribution in [0.5, 0.6) is 0 Å². The van der Waals surface area contributed by atoms with Gasteiger partial charge in [-0.15, -0.1) is 0 Å². The number of carbonyl (C=O) groups is 1. The van der Waals surface area contributed by atoms with Gasteiger partial charge in [0, 0.05) is 43.8 Å². The Morgan fingerprint density at radius 1 is 1.24 bits per heavy atom. The molecule has 1 aliphatic heterocycles. The van der Waals surface area contributed by atoms with Crippen LogP contribution in [0, 0.1) is 6.92 Å². The number of piperazine rings is 1. The van der Waals surface area contributed by atoms with E-state index in [2.05, 4.69) is 11.0 Å². The lowest BCUT2D eigenvalue weighted by molar-refractivity contribution is -0.129. The van der Waals surface area contributed by atoms with E-state index in [4.69, 9.17) is 11.6 Å². The van der Waals surface area contributed by atoms with E-state index in [1.54, 1.807) is 6.92 Å². The second-order valence-electron chi connectivity index (χ2n) is 4.38. The van der Waals surface area contributed by atoms with Crippen LogP contribution in [0.4, 0.5) is 5.69 Å². The predicted octanol–water partition coefficient (Wildman–Crippen LogP) is 2.32. The van der Waals surface area contributed by atoms with Gasteiger partial charge in [0.2, 0.25) is 5.91 Å². The Morgan fingerprint density at radius 2 is 1.88 bits per heavy atom. The standard InChI is InChI=1S/C13H17ClN2O/c1-10-12(14)4-3-5-13(10)16-8-6-15(7-9-16)11(2)17/h3-5H,6-9H2,1-2H3. The summed E-state index contributed by atoms with van der Waals surface area (Å²) in [6, 6.07) is 5.97. The first-order chi connectivity index (χ1) is 8.09. The van der Waals surface area contributed by atoms with E-state index in [9.17, 15) is 4.79 Å². The molecule has 1 aromatic carbocycles. The molecule has 0 aromatic heterocycles. The topological polar surface area (TPSA) is 23.6 Å². The third kappa shape index (κ3) is 2.55. The minimum absolute atomic E-state index is 0.160. The lowest BCUT2D eigenvalue weighted by Gasteiger charge is -2.36. The molecular weight excluding hydrogens is 236 g/mol. The van der Waals surface area contributed by atoms with Crippen molar-refractivity contribution in [2.24, 2.45) is 0 Å². The zero-order valence-electron chi connectivity index (χ0n) is 10.2. The summed E-state index contributed by atoms with van der Waals surface area (Å²) in [5, 5.41) is 0.802. The molecular formula is C13H17ClN2O. The first kappa shape index (κ1) is 12.2. The molecule has 1 aliphatic rings. The van der Waals surface area contributed by atoms with Crippen molar-refractivity contribution in [1.29, 1.82) is 0 Å². The van der Waals surface area contributed by atoms with E-state index >= 15 is 0 Å². The quantitative estimate of drug-likeness (QED) is 0.766. The molecule has 0 atom stereocenters. The average Bonchev–Trinajstić information content (AvgIpc) is 2.33. The molecule has 17 heavy (non-hydrogen) atoms. The smallest absolute Gasteiger partial charge is 0.219 e. The summed E-state index contributed by atoms with van der Waals surface area (Å²) in [6.45, 7) is 7.00. The van der Waals surface area contributed by atoms with E-state index in [1.807, 2.05) is 24.0 Å². The molecule has 0 aliphatic carbocycles. The maximum absolute atomic E-state index is 11.2. The maximum Gasteiger partial charge on any atom is 0.219 e. The SMILES string of the molecule is CC(=O)N1CCN(c2cccc(Cl)c2C)CC1. The second-order valence-corrected chi connectivity index (χ2v) is 4.78. The highest BCUT2D eigenvalue weighted by atomic mass is 35.5. The number of rotatable bonds is 1. The van der Waals surface area contributed by atoms with Crippen molar-refractivity contribution < 1.29 is 4.79 Å². The number of benzene rings is 1. The zero-order chi connectivity index (χ0) is 12.4. The van der Waals surface area contributed by atoms with Gasteiger partial charge in [0.15, 0.2) is 0 Å². The van der Waals surface area contributed by atoms with Crippen molar-refractivity contribution in [2.75, 3.05) is 31.1 Å². The summed E-state index contributed by atoms with van der Waals surface area (Å²) in [7, 11) is 0. The van der Waals surface area contributed by atoms with Crippen LogP contribution in [0.15, 0.2) is 18.2 Å². The number of nitrogens with zero attached hydrogens (tertiary/aromatic N) is 2. The number of amides is 1. The van der Waals surface area contributed by atoms with E-state index in [1.165, 1.54) is 5.69 Å². The monoisotopic (exact) mass is 252 g/mol. The molecule has 1 aromatic rings. The van der Waals surface area contributed by atoms with Crippen LogP contribution in [-0.2, 0) is 4.79 Å². The minimum Gasteiger partial charge on any atom is -0.368 e. The molecule has 1 saturated heterocycles. The Labute approximate surface area is 107 Å². The fraction of sp³-hybridized carbons (Fsp3) is 0.462. The normalized spacial score (nSPS) is 16.2. The highest BCUT2D eigenvalue weighted by Crippen LogP contribution is 2.27. The van der Waals surface area contributed by atoms with Crippen molar-refractivity contribution in [1.82, 2.24) is 4.90 Å². The molecule has 1 fully saturated rings. The molecule has 3 nitrogen and oxygen atoms in total. The summed E-state index contributed by atoms with van der Waals surface area (Å²) in [5.74, 6) is 0.160. The van der Waals surface area contributed by atoms with Crippen molar-refractivity contribution in [3.8, 4) is 0 Å². The maximum atomic E-state index is 11.2. The van der Waals surface area contributed by atoms with Gasteiger partial charge in [-0.25, -0.2) is 0 Å². The molecule has 0 saturated carbocycles. The van der Waals surface area contributed by atoms with Crippen molar-refractivity contribution >= 4 is 23.2 Å². The van der Waals surface area contributed by atoms with E-state index < -0.39 is 0 Å². The fourth-order valence-corrected chi connectivity index (χ4v) is 2.37. The highest BCUT2D eigenvalue weighted by molar-refractivity contribution is 6.31. The molecule has 0 unspecified atom stereocenters. The summed E-state index contributed by atoms with van der Waals surface area (Å²) < 4.78 is 0. The van der Waals surface area contributed by atoms with Crippen LogP contribution in [-0.4, -0.2) is 37.0 Å². The number of anilines is 1. The van der Waals surface area contributed by atoms with E-state index in [0.717, 1.165) is 36.8 Å². The zero-order valence-corrected chi connectivity index (χ0v) is 11.0. The molecule has 1 amide bonds. The van der Waals surface area contributed by atoms with Crippen LogP contribution in [0.25, 0.3) is 0 Å². The van der Waals surface area contributed by atoms with Crippen LogP contribution in [0.1, 0.15) is 12.5 Å². The van der Waals surface area contributed by atoms with Gasteiger partial charge in [0.25, 0.3) is 0 Å². The molecule has 4 heteroatoms. The molecule has 0 spiro atoms. The van der Waals surface area contributed by atoms with Gasteiger partial charge in [0.05, 0.1) is 0 Å². The van der Waals surface area contributed by atoms with Gasteiger partial charge >= 0.3 is 0 Å². The van der Waals surface area contributed by atoms with Crippen LogP contribution in [0.3, 0.4) is 0 Å². The largest absolute Gasteiger partial charge is 0.368 e. The summed E-state index contributed by atoms with van der Waals surface area (Å²) in [6.07, 6.45) is 0. The molecule has 1 heterocycles. The molecule has 0 N–H and O–H groups in total. The van der Waals surface area contributed by atoms with Crippen LogP contribution < -0.4 is 4.90 Å². The first-order valence-electron chi connectivity index (χ1n) is 5.85. The first-order valence-corrected chi connectivity index (χ1v) is 6.23. The van der Waals surface area contributed by atoms with Gasteiger partial charge in [0.1, 0.15) is 0 Å². The Hall–Kier alpha value is -1.22. The Balaban J connectivity index is 2.10. The average molecular weight is 253 g/mol. The van der Waals surface area contributed by atoms with Gasteiger partial charge in [-0.3, -0.25) is 4.79 Å². The van der Waals surface area contributed by atoms with Gasteiger partial charge < -0.3 is 9.80 Å². The van der Waals surface area contributed by atoms with Crippen LogP contribution in [0.2, 0.25) is 5.02 Å². The molecule has 0 bridgehead atoms. The summed E-state index contributed by atoms with van der Waals surface area (Å²) in [4.78, 5) is 15.4. The van der Waals surface area contributed by atoms with Gasteiger partial charge in [-0.2, -0.15) is 0 Å². The Kier molecular flexibility index (Phi) is 3.57. The summed E-state index contributed by atoms with van der Waals surface area (Å²) in [5.41, 5.74) is 2.30. The number of halogens is 1. The molecule has 92 valence electrons. The number of hydrogen-bond acceptors (Lipinski definition) is 2. The van der Waals surface area contributed by atoms with Gasteiger partial charge in [-0.1, -0.05) is 17.7 Å². The molecule has 0 radical (unpaired) electrons. The predicted molar refractivity (Wildman–Crippen MR) is 70.7 cm³/mol. The third-order valence-corrected chi connectivity index (χ3v) is 3.71. The highest BCUT2D eigenvalue weighted by Gasteiger charge is 2.20. The Morgan fingerprint density at radius 3 is 2.47 bits per heavy atom. The minimum atomic E-state index is 0.160. The lowest BCUT2D eigenvalue weighted by Crippen LogP contribution is -2.48. The van der Waals surface area contributed by atoms with E-state index in [0.29, 0.717) is 0 Å². The lowest BCUT2D eigenvalue weighted by atomic mass is 10.1. The second kappa shape index (κ2) is 4.96. The van der Waals surface area contributed by atoms with Crippen molar-refractivity contribution in [3.05, 3.63) is 28.8 Å². The van der Waals surface area contributed by atoms with Crippen LogP contribution >= 0.6 is 11.6 Å². The molecule has 2 rings (SSSR count).